The maximum Gasteiger partial charge on any atom is 0.0741 e. The maximum atomic E-state index is 5.42. The minimum absolute atomic E-state index is 0.153. The molecule has 0 amide bonds. The van der Waals surface area contributed by atoms with Crippen LogP contribution in [0.1, 0.15) is 53.4 Å². The maximum absolute atomic E-state index is 5.42. The van der Waals surface area contributed by atoms with Gasteiger partial charge in [-0.25, -0.2) is 0 Å². The van der Waals surface area contributed by atoms with Crippen LogP contribution in [0.3, 0.4) is 0 Å². The van der Waals surface area contributed by atoms with Crippen LogP contribution in [-0.4, -0.2) is 12.1 Å². The standard InChI is InChI=1S/C13H25N/c1-6-9-10-12(7-2)11-14-13(4,5)8-3/h3,12,14H,6-7,9-11H2,1-2,4-5H3. The van der Waals surface area contributed by atoms with Crippen LogP contribution < -0.4 is 5.32 Å². The molecule has 0 rings (SSSR count). The second-order valence-corrected chi connectivity index (χ2v) is 4.57. The van der Waals surface area contributed by atoms with Crippen molar-refractivity contribution in [3.05, 3.63) is 0 Å². The van der Waals surface area contributed by atoms with Crippen molar-refractivity contribution in [2.45, 2.75) is 58.9 Å². The summed E-state index contributed by atoms with van der Waals surface area (Å²) in [6, 6.07) is 0. The molecule has 0 heterocycles. The van der Waals surface area contributed by atoms with Crippen LogP contribution in [0.2, 0.25) is 0 Å². The Balaban J connectivity index is 3.78. The van der Waals surface area contributed by atoms with E-state index in [2.05, 4.69) is 38.9 Å². The summed E-state index contributed by atoms with van der Waals surface area (Å²) in [5, 5.41) is 3.43. The highest BCUT2D eigenvalue weighted by atomic mass is 14.9. The highest BCUT2D eigenvalue weighted by Crippen LogP contribution is 2.12. The fourth-order valence-electron chi connectivity index (χ4n) is 1.39. The highest BCUT2D eigenvalue weighted by molar-refractivity contribution is 5.07. The molecule has 0 aliphatic carbocycles. The van der Waals surface area contributed by atoms with Crippen molar-refractivity contribution in [3.8, 4) is 12.3 Å². The van der Waals surface area contributed by atoms with E-state index in [0.29, 0.717) is 0 Å². The van der Waals surface area contributed by atoms with Gasteiger partial charge in [0.05, 0.1) is 5.54 Å². The quantitative estimate of drug-likeness (QED) is 0.615. The third-order valence-corrected chi connectivity index (χ3v) is 2.74. The second kappa shape index (κ2) is 6.90. The van der Waals surface area contributed by atoms with Crippen molar-refractivity contribution < 1.29 is 0 Å². The Bertz CT molecular complexity index is 176. The number of unbranched alkanes of at least 4 members (excludes halogenated alkanes) is 1. The van der Waals surface area contributed by atoms with Gasteiger partial charge in [0.2, 0.25) is 0 Å². The van der Waals surface area contributed by atoms with Crippen LogP contribution >= 0.6 is 0 Å². The van der Waals surface area contributed by atoms with Crippen molar-refractivity contribution in [1.82, 2.24) is 5.32 Å². The Morgan fingerprint density at radius 2 is 2.00 bits per heavy atom. The minimum Gasteiger partial charge on any atom is -0.301 e. The first-order valence-corrected chi connectivity index (χ1v) is 5.78. The molecule has 1 nitrogen and oxygen atoms in total. The van der Waals surface area contributed by atoms with Crippen LogP contribution in [0.5, 0.6) is 0 Å². The molecule has 82 valence electrons. The third kappa shape index (κ3) is 6.05. The number of nitrogens with one attached hydrogen (secondary N) is 1. The smallest absolute Gasteiger partial charge is 0.0741 e. The number of hydrogen-bond acceptors (Lipinski definition) is 1. The summed E-state index contributed by atoms with van der Waals surface area (Å²) < 4.78 is 0. The Hall–Kier alpha value is -0.480. The van der Waals surface area contributed by atoms with E-state index >= 15 is 0 Å². The van der Waals surface area contributed by atoms with E-state index in [1.54, 1.807) is 0 Å². The zero-order chi connectivity index (χ0) is 11.0. The Morgan fingerprint density at radius 3 is 2.43 bits per heavy atom. The van der Waals surface area contributed by atoms with E-state index in [9.17, 15) is 0 Å². The van der Waals surface area contributed by atoms with E-state index in [1.165, 1.54) is 25.7 Å². The van der Waals surface area contributed by atoms with Gasteiger partial charge in [0.15, 0.2) is 0 Å². The normalized spacial score (nSPS) is 13.6. The lowest BCUT2D eigenvalue weighted by Crippen LogP contribution is -2.40. The molecule has 0 radical (unpaired) electrons. The molecule has 0 saturated heterocycles. The SMILES string of the molecule is C#CC(C)(C)NCC(CC)CCCC. The summed E-state index contributed by atoms with van der Waals surface area (Å²) in [4.78, 5) is 0. The molecule has 0 fully saturated rings. The first-order chi connectivity index (χ1) is 6.55. The van der Waals surface area contributed by atoms with Crippen LogP contribution in [0, 0.1) is 18.3 Å². The minimum atomic E-state index is -0.153. The molecule has 14 heavy (non-hydrogen) atoms. The number of hydrogen-bond donors (Lipinski definition) is 1. The molecule has 0 aromatic heterocycles. The summed E-state index contributed by atoms with van der Waals surface area (Å²) in [6.45, 7) is 9.66. The van der Waals surface area contributed by atoms with Gasteiger partial charge in [-0.1, -0.05) is 39.0 Å². The molecule has 1 atom stereocenters. The van der Waals surface area contributed by atoms with E-state index in [-0.39, 0.29) is 5.54 Å². The van der Waals surface area contributed by atoms with E-state index in [0.717, 1.165) is 12.5 Å². The summed E-state index contributed by atoms with van der Waals surface area (Å²) in [5.41, 5.74) is -0.153. The average Bonchev–Trinajstić information content (AvgIpc) is 2.18. The van der Waals surface area contributed by atoms with E-state index in [4.69, 9.17) is 6.42 Å². The molecule has 1 unspecified atom stereocenters. The zero-order valence-electron chi connectivity index (χ0n) is 10.2. The van der Waals surface area contributed by atoms with Crippen molar-refractivity contribution in [3.63, 3.8) is 0 Å². The molecular weight excluding hydrogens is 170 g/mol. The lowest BCUT2D eigenvalue weighted by atomic mass is 9.97. The van der Waals surface area contributed by atoms with Gasteiger partial charge in [-0.15, -0.1) is 6.42 Å². The largest absolute Gasteiger partial charge is 0.301 e. The molecule has 0 saturated carbocycles. The van der Waals surface area contributed by atoms with Gasteiger partial charge < -0.3 is 5.32 Å². The fourth-order valence-corrected chi connectivity index (χ4v) is 1.39. The van der Waals surface area contributed by atoms with Crippen molar-refractivity contribution in [2.24, 2.45) is 5.92 Å². The van der Waals surface area contributed by atoms with Crippen LogP contribution in [0.15, 0.2) is 0 Å². The van der Waals surface area contributed by atoms with Gasteiger partial charge >= 0.3 is 0 Å². The zero-order valence-corrected chi connectivity index (χ0v) is 10.2. The molecular formula is C13H25N. The third-order valence-electron chi connectivity index (χ3n) is 2.74. The fraction of sp³-hybridized carbons (Fsp3) is 0.846. The Labute approximate surface area is 89.7 Å². The molecule has 0 spiro atoms. The molecule has 0 aliphatic rings. The van der Waals surface area contributed by atoms with Gasteiger partial charge in [0.25, 0.3) is 0 Å². The number of terminal acetylenes is 1. The van der Waals surface area contributed by atoms with Crippen LogP contribution in [0.4, 0.5) is 0 Å². The predicted octanol–water partition coefficient (Wildman–Crippen LogP) is 3.20. The Morgan fingerprint density at radius 1 is 1.36 bits per heavy atom. The summed E-state index contributed by atoms with van der Waals surface area (Å²) >= 11 is 0. The van der Waals surface area contributed by atoms with E-state index in [1.807, 2.05) is 0 Å². The summed E-state index contributed by atoms with van der Waals surface area (Å²) in [5.74, 6) is 3.55. The monoisotopic (exact) mass is 195 g/mol. The van der Waals surface area contributed by atoms with Crippen molar-refractivity contribution in [2.75, 3.05) is 6.54 Å². The van der Waals surface area contributed by atoms with Crippen molar-refractivity contribution >= 4 is 0 Å². The lowest BCUT2D eigenvalue weighted by Gasteiger charge is -2.23. The molecule has 1 heteroatoms. The number of rotatable bonds is 7. The molecule has 1 N–H and O–H groups in total. The predicted molar refractivity (Wildman–Crippen MR) is 64.2 cm³/mol. The first kappa shape index (κ1) is 13.5. The van der Waals surface area contributed by atoms with Gasteiger partial charge in [0.1, 0.15) is 0 Å². The van der Waals surface area contributed by atoms with Crippen LogP contribution in [0.25, 0.3) is 0 Å². The Kier molecular flexibility index (Phi) is 6.66. The molecule has 0 aromatic rings. The lowest BCUT2D eigenvalue weighted by molar-refractivity contribution is 0.374. The topological polar surface area (TPSA) is 12.0 Å². The van der Waals surface area contributed by atoms with Crippen LogP contribution in [-0.2, 0) is 0 Å². The molecule has 0 bridgehead atoms. The van der Waals surface area contributed by atoms with Gasteiger partial charge in [-0.2, -0.15) is 0 Å². The first-order valence-electron chi connectivity index (χ1n) is 5.78. The van der Waals surface area contributed by atoms with Gasteiger partial charge in [-0.05, 0) is 32.7 Å². The van der Waals surface area contributed by atoms with Gasteiger partial charge in [0, 0.05) is 0 Å². The van der Waals surface area contributed by atoms with Gasteiger partial charge in [-0.3, -0.25) is 0 Å². The average molecular weight is 195 g/mol. The second-order valence-electron chi connectivity index (χ2n) is 4.57. The molecule has 0 aliphatic heterocycles. The summed E-state index contributed by atoms with van der Waals surface area (Å²) in [7, 11) is 0. The molecule has 0 aromatic carbocycles. The highest BCUT2D eigenvalue weighted by Gasteiger charge is 2.14. The van der Waals surface area contributed by atoms with Crippen molar-refractivity contribution in [1.29, 1.82) is 0 Å². The summed E-state index contributed by atoms with van der Waals surface area (Å²) in [6.07, 6.45) is 10.6. The van der Waals surface area contributed by atoms with E-state index < -0.39 is 0 Å².